The fraction of sp³-hybridized carbons (Fsp3) is 1.00. The molecule has 60 valence electrons. The van der Waals surface area contributed by atoms with E-state index in [0.29, 0.717) is 6.04 Å². The number of halogens is 2. The number of hydrogen-bond donors (Lipinski definition) is 1. The van der Waals surface area contributed by atoms with E-state index in [9.17, 15) is 0 Å². The summed E-state index contributed by atoms with van der Waals surface area (Å²) in [6.45, 7) is 0. The van der Waals surface area contributed by atoms with E-state index in [2.05, 4.69) is 0 Å². The van der Waals surface area contributed by atoms with Crippen LogP contribution in [0.4, 0.5) is 0 Å². The van der Waals surface area contributed by atoms with Crippen LogP contribution in [0.2, 0.25) is 0 Å². The molecule has 1 aliphatic carbocycles. The van der Waals surface area contributed by atoms with E-state index in [1.54, 1.807) is 0 Å². The van der Waals surface area contributed by atoms with Crippen molar-refractivity contribution < 1.29 is 16.5 Å². The SMILES string of the molecule is NC1CCCC1.[Cl][Pt][Cl]. The van der Waals surface area contributed by atoms with Gasteiger partial charge in [-0.2, -0.15) is 0 Å². The van der Waals surface area contributed by atoms with Crippen LogP contribution in [0, 0.1) is 0 Å². The van der Waals surface area contributed by atoms with Crippen molar-refractivity contribution in [3.05, 3.63) is 0 Å². The third kappa shape index (κ3) is 7.12. The van der Waals surface area contributed by atoms with E-state index in [-0.39, 0.29) is 0 Å². The Kier molecular flexibility index (Phi) is 8.34. The Bertz CT molecular complexity index is 56.9. The van der Waals surface area contributed by atoms with Crippen LogP contribution in [0.5, 0.6) is 0 Å². The van der Waals surface area contributed by atoms with Crippen LogP contribution in [0.1, 0.15) is 25.7 Å². The molecule has 0 spiro atoms. The maximum absolute atomic E-state index is 5.53. The van der Waals surface area contributed by atoms with Gasteiger partial charge in [-0.3, -0.25) is 0 Å². The molecule has 0 aromatic heterocycles. The topological polar surface area (TPSA) is 26.0 Å². The number of hydrogen-bond acceptors (Lipinski definition) is 1. The van der Waals surface area contributed by atoms with Crippen LogP contribution < -0.4 is 5.73 Å². The van der Waals surface area contributed by atoms with E-state index >= 15 is 0 Å². The van der Waals surface area contributed by atoms with Gasteiger partial charge < -0.3 is 5.73 Å². The maximum atomic E-state index is 5.53. The molecule has 0 aromatic rings. The first-order valence-corrected chi connectivity index (χ1v) is 8.52. The van der Waals surface area contributed by atoms with Crippen LogP contribution in [-0.4, -0.2) is 6.04 Å². The molecule has 1 fully saturated rings. The Hall–Kier alpha value is 1.23. The summed E-state index contributed by atoms with van der Waals surface area (Å²) in [5, 5.41) is 0. The third-order valence-corrected chi connectivity index (χ3v) is 1.40. The Morgan fingerprint density at radius 1 is 1.22 bits per heavy atom. The molecule has 0 bridgehead atoms. The van der Waals surface area contributed by atoms with Crippen molar-refractivity contribution in [3.8, 4) is 0 Å². The standard InChI is InChI=1S/C5H11N.2ClH.Pt/c6-5-3-1-2-4-5;;;/h5H,1-4,6H2;2*1H;/q;;;+2/p-2. The molecule has 4 heteroatoms. The Labute approximate surface area is 72.7 Å². The Morgan fingerprint density at radius 3 is 1.67 bits per heavy atom. The van der Waals surface area contributed by atoms with Crippen LogP contribution in [0.3, 0.4) is 0 Å². The van der Waals surface area contributed by atoms with Crippen LogP contribution in [-0.2, 0) is 16.5 Å². The zero-order valence-corrected chi connectivity index (χ0v) is 8.84. The summed E-state index contributed by atoms with van der Waals surface area (Å²) >= 11 is -0.472. The molecular formula is C5H11Cl2NPt. The molecule has 0 unspecified atom stereocenters. The second kappa shape index (κ2) is 7.34. The number of nitrogens with two attached hydrogens (primary N) is 1. The van der Waals surface area contributed by atoms with Gasteiger partial charge in [0, 0.05) is 6.04 Å². The molecule has 1 saturated carbocycles. The molecule has 0 saturated heterocycles. The average molecular weight is 351 g/mol. The van der Waals surface area contributed by atoms with Gasteiger partial charge in [0.05, 0.1) is 0 Å². The zero-order chi connectivity index (χ0) is 7.11. The first-order chi connectivity index (χ1) is 4.31. The number of rotatable bonds is 0. The van der Waals surface area contributed by atoms with Gasteiger partial charge >= 0.3 is 35.3 Å². The van der Waals surface area contributed by atoms with Gasteiger partial charge in [0.15, 0.2) is 0 Å². The summed E-state index contributed by atoms with van der Waals surface area (Å²) < 4.78 is 0. The van der Waals surface area contributed by atoms with Crippen molar-refractivity contribution in [3.63, 3.8) is 0 Å². The van der Waals surface area contributed by atoms with Crippen molar-refractivity contribution in [2.45, 2.75) is 31.7 Å². The van der Waals surface area contributed by atoms with Crippen molar-refractivity contribution in [1.82, 2.24) is 0 Å². The quantitative estimate of drug-likeness (QED) is 0.712. The van der Waals surface area contributed by atoms with Gasteiger partial charge in [-0.05, 0) is 12.8 Å². The van der Waals surface area contributed by atoms with Gasteiger partial charge in [-0.25, -0.2) is 0 Å². The van der Waals surface area contributed by atoms with Crippen molar-refractivity contribution >= 4 is 18.8 Å². The molecule has 0 heterocycles. The molecule has 0 amide bonds. The fourth-order valence-electron chi connectivity index (χ4n) is 0.957. The molecular weight excluding hydrogens is 340 g/mol. The monoisotopic (exact) mass is 350 g/mol. The van der Waals surface area contributed by atoms with Gasteiger partial charge in [0.1, 0.15) is 0 Å². The first kappa shape index (κ1) is 10.2. The minimum atomic E-state index is -0.472. The molecule has 0 aliphatic heterocycles. The molecule has 0 atom stereocenters. The van der Waals surface area contributed by atoms with Crippen LogP contribution >= 0.6 is 18.8 Å². The third-order valence-electron chi connectivity index (χ3n) is 1.40. The Balaban J connectivity index is 0.000000187. The van der Waals surface area contributed by atoms with E-state index in [0.717, 1.165) is 0 Å². The molecule has 0 aromatic carbocycles. The summed E-state index contributed by atoms with van der Waals surface area (Å²) in [4.78, 5) is 0. The molecule has 1 nitrogen and oxygen atoms in total. The minimum absolute atomic E-state index is 0.472. The van der Waals surface area contributed by atoms with E-state index in [4.69, 9.17) is 24.6 Å². The summed E-state index contributed by atoms with van der Waals surface area (Å²) in [6.07, 6.45) is 5.25. The van der Waals surface area contributed by atoms with Gasteiger partial charge in [0.25, 0.3) is 0 Å². The zero-order valence-electron chi connectivity index (χ0n) is 5.06. The molecule has 1 aliphatic rings. The second-order valence-corrected chi connectivity index (χ2v) is 5.37. The van der Waals surface area contributed by atoms with Crippen molar-refractivity contribution in [2.24, 2.45) is 5.73 Å². The first-order valence-electron chi connectivity index (χ1n) is 2.89. The molecule has 2 N–H and O–H groups in total. The van der Waals surface area contributed by atoms with E-state index in [1.807, 2.05) is 0 Å². The fourth-order valence-corrected chi connectivity index (χ4v) is 0.957. The predicted molar refractivity (Wildman–Crippen MR) is 38.1 cm³/mol. The summed E-state index contributed by atoms with van der Waals surface area (Å²) in [6, 6.07) is 0.546. The summed E-state index contributed by atoms with van der Waals surface area (Å²) in [5.74, 6) is 0. The molecule has 1 rings (SSSR count). The van der Waals surface area contributed by atoms with E-state index in [1.165, 1.54) is 25.7 Å². The predicted octanol–water partition coefficient (Wildman–Crippen LogP) is 2.26. The van der Waals surface area contributed by atoms with Crippen LogP contribution in [0.25, 0.3) is 0 Å². The normalized spacial score (nSPS) is 19.4. The van der Waals surface area contributed by atoms with E-state index < -0.39 is 16.5 Å². The van der Waals surface area contributed by atoms with Gasteiger partial charge in [-0.1, -0.05) is 12.8 Å². The second-order valence-electron chi connectivity index (χ2n) is 2.09. The summed E-state index contributed by atoms with van der Waals surface area (Å²) in [5.41, 5.74) is 5.53. The average Bonchev–Trinajstić information content (AvgIpc) is 2.20. The van der Waals surface area contributed by atoms with Crippen molar-refractivity contribution in [2.75, 3.05) is 0 Å². The van der Waals surface area contributed by atoms with Gasteiger partial charge in [-0.15, -0.1) is 0 Å². The van der Waals surface area contributed by atoms with Crippen molar-refractivity contribution in [1.29, 1.82) is 0 Å². The van der Waals surface area contributed by atoms with Gasteiger partial charge in [0.2, 0.25) is 0 Å². The molecule has 0 radical (unpaired) electrons. The Morgan fingerprint density at radius 2 is 1.56 bits per heavy atom. The molecule has 9 heavy (non-hydrogen) atoms. The van der Waals surface area contributed by atoms with Crippen LogP contribution in [0.15, 0.2) is 0 Å². The summed E-state index contributed by atoms with van der Waals surface area (Å²) in [7, 11) is 9.75.